The van der Waals surface area contributed by atoms with Crippen molar-refractivity contribution in [3.05, 3.63) is 34.2 Å². The molecule has 27 heavy (non-hydrogen) atoms. The van der Waals surface area contributed by atoms with Crippen LogP contribution >= 0.6 is 0 Å². The van der Waals surface area contributed by atoms with Gasteiger partial charge in [-0.2, -0.15) is 0 Å². The molecule has 0 spiro atoms. The Morgan fingerprint density at radius 3 is 2.85 bits per heavy atom. The first-order valence-electron chi connectivity index (χ1n) is 9.50. The molecule has 8 nitrogen and oxygen atoms in total. The summed E-state index contributed by atoms with van der Waals surface area (Å²) in [6.07, 6.45) is 3.58. The van der Waals surface area contributed by atoms with Gasteiger partial charge in [-0.3, -0.25) is 14.4 Å². The lowest BCUT2D eigenvalue weighted by molar-refractivity contribution is -0.133. The first-order valence-corrected chi connectivity index (χ1v) is 9.50. The van der Waals surface area contributed by atoms with Crippen LogP contribution in [0.25, 0.3) is 0 Å². The highest BCUT2D eigenvalue weighted by molar-refractivity contribution is 5.80. The standard InChI is InChI=1S/C19H27N3O5/c1-2-26-7-8-27-12-17(24)21-19-14-9-15(19)22(11-14)18(25)6-4-13-3-5-16(23)20-10-13/h3,5,10,14-15,19H,2,4,6-9,11-12H2,1H3,(H,20,23)(H,21,24). The molecule has 1 saturated carbocycles. The van der Waals surface area contributed by atoms with E-state index in [-0.39, 0.29) is 36.1 Å². The van der Waals surface area contributed by atoms with Gasteiger partial charge in [0.15, 0.2) is 0 Å². The van der Waals surface area contributed by atoms with Crippen LogP contribution in [0, 0.1) is 5.92 Å². The summed E-state index contributed by atoms with van der Waals surface area (Å²) < 4.78 is 10.4. The monoisotopic (exact) mass is 377 g/mol. The Kier molecular flexibility index (Phi) is 6.63. The van der Waals surface area contributed by atoms with E-state index in [1.54, 1.807) is 12.3 Å². The van der Waals surface area contributed by atoms with Crippen LogP contribution in [0.5, 0.6) is 0 Å². The smallest absolute Gasteiger partial charge is 0.247 e. The second kappa shape index (κ2) is 9.14. The first kappa shape index (κ1) is 19.6. The van der Waals surface area contributed by atoms with Gasteiger partial charge in [0.25, 0.3) is 0 Å². The van der Waals surface area contributed by atoms with Gasteiger partial charge in [0, 0.05) is 37.8 Å². The number of hydrogen-bond acceptors (Lipinski definition) is 5. The third-order valence-electron chi connectivity index (χ3n) is 5.23. The van der Waals surface area contributed by atoms with Crippen molar-refractivity contribution in [3.63, 3.8) is 0 Å². The van der Waals surface area contributed by atoms with E-state index in [1.807, 2.05) is 11.8 Å². The summed E-state index contributed by atoms with van der Waals surface area (Å²) in [6.45, 7) is 4.14. The van der Waals surface area contributed by atoms with Crippen molar-refractivity contribution in [2.24, 2.45) is 5.92 Å². The van der Waals surface area contributed by atoms with E-state index in [4.69, 9.17) is 9.47 Å². The summed E-state index contributed by atoms with van der Waals surface area (Å²) >= 11 is 0. The molecular formula is C19H27N3O5. The Morgan fingerprint density at radius 1 is 1.30 bits per heavy atom. The summed E-state index contributed by atoms with van der Waals surface area (Å²) in [5, 5.41) is 3.00. The molecule has 3 heterocycles. The van der Waals surface area contributed by atoms with E-state index in [1.165, 1.54) is 6.07 Å². The fourth-order valence-electron chi connectivity index (χ4n) is 3.77. The summed E-state index contributed by atoms with van der Waals surface area (Å²) in [7, 11) is 0. The number of aromatic amines is 1. The molecule has 0 aromatic carbocycles. The lowest BCUT2D eigenvalue weighted by Gasteiger charge is -2.36. The van der Waals surface area contributed by atoms with Crippen LogP contribution in [0.3, 0.4) is 0 Å². The zero-order valence-corrected chi connectivity index (χ0v) is 15.6. The number of hydrogen-bond donors (Lipinski definition) is 2. The van der Waals surface area contributed by atoms with E-state index < -0.39 is 0 Å². The number of pyridine rings is 1. The predicted octanol–water partition coefficient (Wildman–Crippen LogP) is 0.0761. The summed E-state index contributed by atoms with van der Waals surface area (Å²) in [5.74, 6) is 0.284. The van der Waals surface area contributed by atoms with Crippen LogP contribution in [0.15, 0.2) is 23.1 Å². The van der Waals surface area contributed by atoms with Crippen molar-refractivity contribution in [2.75, 3.05) is 33.0 Å². The topological polar surface area (TPSA) is 101 Å². The first-order chi connectivity index (χ1) is 13.1. The molecule has 0 radical (unpaired) electrons. The highest BCUT2D eigenvalue weighted by Crippen LogP contribution is 2.41. The van der Waals surface area contributed by atoms with Crippen LogP contribution in [0.2, 0.25) is 0 Å². The highest BCUT2D eigenvalue weighted by atomic mass is 16.5. The second-order valence-corrected chi connectivity index (χ2v) is 7.01. The third-order valence-corrected chi connectivity index (χ3v) is 5.23. The maximum atomic E-state index is 12.5. The van der Waals surface area contributed by atoms with E-state index in [0.29, 0.717) is 45.1 Å². The number of amides is 2. The maximum absolute atomic E-state index is 12.5. The normalized spacial score (nSPS) is 23.1. The number of aromatic nitrogens is 1. The highest BCUT2D eigenvalue weighted by Gasteiger charge is 2.53. The van der Waals surface area contributed by atoms with Crippen molar-refractivity contribution in [1.29, 1.82) is 0 Å². The van der Waals surface area contributed by atoms with Crippen molar-refractivity contribution >= 4 is 11.8 Å². The van der Waals surface area contributed by atoms with E-state index in [2.05, 4.69) is 10.3 Å². The SMILES string of the molecule is CCOCCOCC(=O)NC1C2CC1N(C(=O)CCc1ccc(=O)[nH]c1)C2. The van der Waals surface area contributed by atoms with Gasteiger partial charge < -0.3 is 24.7 Å². The Morgan fingerprint density at radius 2 is 2.11 bits per heavy atom. The average molecular weight is 377 g/mol. The van der Waals surface area contributed by atoms with Gasteiger partial charge in [-0.05, 0) is 25.3 Å². The quantitative estimate of drug-likeness (QED) is 0.562. The van der Waals surface area contributed by atoms with Crippen molar-refractivity contribution in [2.45, 2.75) is 38.3 Å². The van der Waals surface area contributed by atoms with Gasteiger partial charge in [-0.15, -0.1) is 0 Å². The van der Waals surface area contributed by atoms with Crippen LogP contribution in [0.4, 0.5) is 0 Å². The number of rotatable bonds is 10. The van der Waals surface area contributed by atoms with Gasteiger partial charge in [0.1, 0.15) is 6.61 Å². The molecule has 2 amide bonds. The molecule has 3 atom stereocenters. The lowest BCUT2D eigenvalue weighted by Crippen LogP contribution is -2.55. The minimum absolute atomic E-state index is 0.0170. The molecule has 3 fully saturated rings. The van der Waals surface area contributed by atoms with Crippen LogP contribution in [-0.4, -0.2) is 66.8 Å². The average Bonchev–Trinajstić information content (AvgIpc) is 3.25. The number of H-pyrrole nitrogens is 1. The van der Waals surface area contributed by atoms with E-state index in [9.17, 15) is 14.4 Å². The molecule has 3 aliphatic rings. The van der Waals surface area contributed by atoms with E-state index in [0.717, 1.165) is 12.0 Å². The van der Waals surface area contributed by atoms with Gasteiger partial charge in [0.2, 0.25) is 17.4 Å². The fraction of sp³-hybridized carbons (Fsp3) is 0.632. The van der Waals surface area contributed by atoms with Crippen molar-refractivity contribution in [3.8, 4) is 0 Å². The van der Waals surface area contributed by atoms with Gasteiger partial charge in [-0.1, -0.05) is 6.07 Å². The molecule has 2 N–H and O–H groups in total. The Balaban J connectivity index is 1.39. The largest absolute Gasteiger partial charge is 0.379 e. The Labute approximate surface area is 158 Å². The Hall–Kier alpha value is -2.19. The molecule has 1 aromatic rings. The predicted molar refractivity (Wildman–Crippen MR) is 98.2 cm³/mol. The summed E-state index contributed by atoms with van der Waals surface area (Å²) in [4.78, 5) is 40.1. The minimum Gasteiger partial charge on any atom is -0.379 e. The molecule has 2 bridgehead atoms. The van der Waals surface area contributed by atoms with E-state index >= 15 is 0 Å². The number of carbonyl (C=O) groups is 2. The molecule has 1 aliphatic carbocycles. The molecule has 1 aromatic heterocycles. The molecule has 2 saturated heterocycles. The molecule has 4 rings (SSSR count). The molecule has 148 valence electrons. The van der Waals surface area contributed by atoms with Crippen LogP contribution in [0.1, 0.15) is 25.3 Å². The number of nitrogens with one attached hydrogen (secondary N) is 2. The third kappa shape index (κ3) is 4.95. The molecule has 2 aliphatic heterocycles. The maximum Gasteiger partial charge on any atom is 0.247 e. The number of nitrogens with zero attached hydrogens (tertiary/aromatic N) is 1. The number of ether oxygens (including phenoxy) is 2. The van der Waals surface area contributed by atoms with Gasteiger partial charge in [0.05, 0.1) is 25.3 Å². The zero-order valence-electron chi connectivity index (χ0n) is 15.6. The fourth-order valence-corrected chi connectivity index (χ4v) is 3.77. The van der Waals surface area contributed by atoms with Gasteiger partial charge >= 0.3 is 0 Å². The molecular weight excluding hydrogens is 350 g/mol. The molecule has 8 heteroatoms. The zero-order chi connectivity index (χ0) is 19.2. The second-order valence-electron chi connectivity index (χ2n) is 7.01. The lowest BCUT2D eigenvalue weighted by atomic mass is 9.80. The summed E-state index contributed by atoms with van der Waals surface area (Å²) in [5.41, 5.74) is 0.787. The number of carbonyl (C=O) groups excluding carboxylic acids is 2. The van der Waals surface area contributed by atoms with Crippen molar-refractivity contribution < 1.29 is 19.1 Å². The molecule has 3 unspecified atom stereocenters. The number of fused-ring (bicyclic) bond motifs is 1. The number of aryl methyl sites for hydroxylation is 1. The van der Waals surface area contributed by atoms with Crippen molar-refractivity contribution in [1.82, 2.24) is 15.2 Å². The van der Waals surface area contributed by atoms with Gasteiger partial charge in [-0.25, -0.2) is 0 Å². The Bertz CT molecular complexity index is 699. The van der Waals surface area contributed by atoms with Crippen LogP contribution in [-0.2, 0) is 25.5 Å². The minimum atomic E-state index is -0.147. The van der Waals surface area contributed by atoms with Crippen LogP contribution < -0.4 is 10.9 Å². The summed E-state index contributed by atoms with van der Waals surface area (Å²) in [6, 6.07) is 3.33.